The molecule has 0 saturated carbocycles. The molecule has 4 nitrogen and oxygen atoms in total. The van der Waals surface area contributed by atoms with Crippen molar-refractivity contribution in [3.05, 3.63) is 65.2 Å². The summed E-state index contributed by atoms with van der Waals surface area (Å²) in [5.41, 5.74) is 2.91. The monoisotopic (exact) mass is 377 g/mol. The number of rotatable bonds is 4. The molecule has 2 fully saturated rings. The molecule has 1 N–H and O–H groups in total. The Morgan fingerprint density at radius 1 is 1.18 bits per heavy atom. The van der Waals surface area contributed by atoms with Crippen molar-refractivity contribution in [2.24, 2.45) is 5.41 Å². The first-order valence-corrected chi connectivity index (χ1v) is 10.4. The summed E-state index contributed by atoms with van der Waals surface area (Å²) in [6.45, 7) is 0.889. The van der Waals surface area contributed by atoms with E-state index in [0.29, 0.717) is 0 Å². The molecule has 2 bridgehead atoms. The van der Waals surface area contributed by atoms with E-state index >= 15 is 0 Å². The van der Waals surface area contributed by atoms with Crippen molar-refractivity contribution in [3.63, 3.8) is 0 Å². The predicted molar refractivity (Wildman–Crippen MR) is 108 cm³/mol. The molecule has 2 saturated heterocycles. The average molecular weight is 377 g/mol. The summed E-state index contributed by atoms with van der Waals surface area (Å²) in [5.74, 6) is 1.03. The predicted octanol–water partition coefficient (Wildman–Crippen LogP) is 3.61. The minimum Gasteiger partial charge on any atom is -0.493 e. The smallest absolute Gasteiger partial charge is 0.254 e. The van der Waals surface area contributed by atoms with Crippen LogP contribution in [-0.4, -0.2) is 41.2 Å². The number of nitrogens with zero attached hydrogens (tertiary/aromatic N) is 1. The van der Waals surface area contributed by atoms with Gasteiger partial charge in [0.15, 0.2) is 0 Å². The molecule has 0 unspecified atom stereocenters. The first-order valence-electron chi connectivity index (χ1n) is 10.4. The highest BCUT2D eigenvalue weighted by Gasteiger charge is 2.57. The fourth-order valence-corrected chi connectivity index (χ4v) is 5.66. The van der Waals surface area contributed by atoms with Gasteiger partial charge in [0.25, 0.3) is 5.91 Å². The standard InChI is InChI=1S/C24H27NO3/c26-16-24(14-17-5-2-1-3-6-17)15-20-9-11-22(24)25(20)23(27)19-8-10-21-18(13-19)7-4-12-28-21/h1-3,5-6,8,10,13,20,22,26H,4,7,9,11-12,14-16H2/t20-,22+,24-/m0/s1. The quantitative estimate of drug-likeness (QED) is 0.886. The summed E-state index contributed by atoms with van der Waals surface area (Å²) in [4.78, 5) is 15.5. The van der Waals surface area contributed by atoms with Gasteiger partial charge in [-0.1, -0.05) is 30.3 Å². The van der Waals surface area contributed by atoms with Crippen molar-refractivity contribution in [2.45, 2.75) is 50.6 Å². The Bertz CT molecular complexity index is 881. The number of hydrogen-bond donors (Lipinski definition) is 1. The van der Waals surface area contributed by atoms with Crippen molar-refractivity contribution in [2.75, 3.05) is 13.2 Å². The van der Waals surface area contributed by atoms with Gasteiger partial charge in [0.05, 0.1) is 13.2 Å². The van der Waals surface area contributed by atoms with Gasteiger partial charge in [-0.2, -0.15) is 0 Å². The number of amides is 1. The second kappa shape index (κ2) is 6.93. The molecule has 28 heavy (non-hydrogen) atoms. The van der Waals surface area contributed by atoms with E-state index < -0.39 is 0 Å². The molecule has 4 heteroatoms. The van der Waals surface area contributed by atoms with E-state index in [0.717, 1.165) is 62.0 Å². The molecule has 2 aromatic rings. The fourth-order valence-electron chi connectivity index (χ4n) is 5.66. The summed E-state index contributed by atoms with van der Waals surface area (Å²) in [5, 5.41) is 10.4. The van der Waals surface area contributed by atoms with Crippen molar-refractivity contribution in [1.82, 2.24) is 4.90 Å². The zero-order valence-corrected chi connectivity index (χ0v) is 16.1. The Labute approximate surface area is 166 Å². The van der Waals surface area contributed by atoms with E-state index in [1.54, 1.807) is 0 Å². The average Bonchev–Trinajstić information content (AvgIpc) is 3.29. The third-order valence-corrected chi connectivity index (χ3v) is 6.96. The summed E-state index contributed by atoms with van der Waals surface area (Å²) in [6.07, 6.45) is 5.72. The third kappa shape index (κ3) is 2.82. The van der Waals surface area contributed by atoms with Gasteiger partial charge in [-0.25, -0.2) is 0 Å². The van der Waals surface area contributed by atoms with Crippen LogP contribution in [0.4, 0.5) is 0 Å². The lowest BCUT2D eigenvalue weighted by atomic mass is 9.70. The summed E-state index contributed by atoms with van der Waals surface area (Å²) in [7, 11) is 0. The lowest BCUT2D eigenvalue weighted by molar-refractivity contribution is 0.0571. The fraction of sp³-hybridized carbons (Fsp3) is 0.458. The maximum absolute atomic E-state index is 13.5. The number of aryl methyl sites for hydroxylation is 1. The molecule has 1 amide bonds. The summed E-state index contributed by atoms with van der Waals surface area (Å²) >= 11 is 0. The van der Waals surface area contributed by atoms with Crippen LogP contribution in [0.25, 0.3) is 0 Å². The Kier molecular flexibility index (Phi) is 4.39. The SMILES string of the molecule is O=C(c1ccc2c(c1)CCCO2)N1[C@H]2CC[C@@H]1[C@@](CO)(Cc1ccccc1)C2. The van der Waals surface area contributed by atoms with Crippen LogP contribution in [0.15, 0.2) is 48.5 Å². The molecule has 0 radical (unpaired) electrons. The van der Waals surface area contributed by atoms with Gasteiger partial charge in [-0.05, 0) is 67.9 Å². The Morgan fingerprint density at radius 2 is 2.04 bits per heavy atom. The van der Waals surface area contributed by atoms with Crippen molar-refractivity contribution in [1.29, 1.82) is 0 Å². The highest BCUT2D eigenvalue weighted by Crippen LogP contribution is 2.51. The summed E-state index contributed by atoms with van der Waals surface area (Å²) in [6, 6.07) is 16.6. The third-order valence-electron chi connectivity index (χ3n) is 6.96. The van der Waals surface area contributed by atoms with Crippen LogP contribution in [-0.2, 0) is 12.8 Å². The molecule has 0 aromatic heterocycles. The number of benzene rings is 2. The molecule has 3 heterocycles. The molecular weight excluding hydrogens is 350 g/mol. The topological polar surface area (TPSA) is 49.8 Å². The highest BCUT2D eigenvalue weighted by atomic mass is 16.5. The van der Waals surface area contributed by atoms with Crippen LogP contribution >= 0.6 is 0 Å². The van der Waals surface area contributed by atoms with Crippen LogP contribution in [0.5, 0.6) is 5.75 Å². The second-order valence-electron chi connectivity index (χ2n) is 8.62. The normalized spacial score (nSPS) is 28.1. The molecular formula is C24H27NO3. The number of ether oxygens (including phenoxy) is 1. The lowest BCUT2D eigenvalue weighted by Gasteiger charge is -2.36. The van der Waals surface area contributed by atoms with Crippen LogP contribution in [0, 0.1) is 5.41 Å². The number of aliphatic hydroxyl groups excluding tert-OH is 1. The first kappa shape index (κ1) is 17.7. The number of aliphatic hydroxyl groups is 1. The molecule has 0 aliphatic carbocycles. The zero-order chi connectivity index (χ0) is 19.1. The largest absolute Gasteiger partial charge is 0.493 e. The number of carbonyl (C=O) groups excluding carboxylic acids is 1. The van der Waals surface area contributed by atoms with Crippen molar-refractivity contribution < 1.29 is 14.6 Å². The molecule has 3 atom stereocenters. The minimum absolute atomic E-state index is 0.113. The first-order chi connectivity index (χ1) is 13.7. The van der Waals surface area contributed by atoms with Gasteiger partial charge in [-0.15, -0.1) is 0 Å². The van der Waals surface area contributed by atoms with Gasteiger partial charge in [0.2, 0.25) is 0 Å². The number of carbonyl (C=O) groups is 1. The Morgan fingerprint density at radius 3 is 2.86 bits per heavy atom. The van der Waals surface area contributed by atoms with Crippen LogP contribution in [0.2, 0.25) is 0 Å². The van der Waals surface area contributed by atoms with Gasteiger partial charge in [0, 0.05) is 23.1 Å². The van der Waals surface area contributed by atoms with Crippen molar-refractivity contribution in [3.8, 4) is 5.75 Å². The summed E-state index contributed by atoms with van der Waals surface area (Å²) < 4.78 is 5.70. The Hall–Kier alpha value is -2.33. The van der Waals surface area contributed by atoms with Crippen LogP contribution in [0.3, 0.4) is 0 Å². The number of hydrogen-bond acceptors (Lipinski definition) is 3. The van der Waals surface area contributed by atoms with E-state index in [4.69, 9.17) is 4.74 Å². The molecule has 3 aliphatic heterocycles. The molecule has 3 aliphatic rings. The lowest BCUT2D eigenvalue weighted by Crippen LogP contribution is -2.44. The van der Waals surface area contributed by atoms with Gasteiger partial charge in [0.1, 0.15) is 5.75 Å². The van der Waals surface area contributed by atoms with E-state index in [-0.39, 0.29) is 30.0 Å². The maximum atomic E-state index is 13.5. The van der Waals surface area contributed by atoms with E-state index in [1.165, 1.54) is 5.56 Å². The van der Waals surface area contributed by atoms with Gasteiger partial charge in [-0.3, -0.25) is 4.79 Å². The van der Waals surface area contributed by atoms with Gasteiger partial charge < -0.3 is 14.7 Å². The molecule has 146 valence electrons. The number of fused-ring (bicyclic) bond motifs is 3. The second-order valence-corrected chi connectivity index (χ2v) is 8.62. The van der Waals surface area contributed by atoms with E-state index in [2.05, 4.69) is 17.0 Å². The highest BCUT2D eigenvalue weighted by molar-refractivity contribution is 5.95. The molecule has 2 aromatic carbocycles. The van der Waals surface area contributed by atoms with Gasteiger partial charge >= 0.3 is 0 Å². The molecule has 0 spiro atoms. The zero-order valence-electron chi connectivity index (χ0n) is 16.1. The van der Waals surface area contributed by atoms with Crippen molar-refractivity contribution >= 4 is 5.91 Å². The maximum Gasteiger partial charge on any atom is 0.254 e. The Balaban J connectivity index is 1.42. The van der Waals surface area contributed by atoms with Crippen LogP contribution < -0.4 is 4.74 Å². The minimum atomic E-state index is -0.225. The van der Waals surface area contributed by atoms with E-state index in [1.807, 2.05) is 36.4 Å². The molecule has 5 rings (SSSR count). The van der Waals surface area contributed by atoms with E-state index in [9.17, 15) is 9.90 Å². The van der Waals surface area contributed by atoms with Crippen LogP contribution in [0.1, 0.15) is 47.2 Å².